The van der Waals surface area contributed by atoms with E-state index in [1.165, 1.54) is 0 Å². The lowest BCUT2D eigenvalue weighted by Crippen LogP contribution is -2.17. The molecule has 0 aliphatic rings. The molecule has 1 unspecified atom stereocenters. The fraction of sp³-hybridized carbons (Fsp3) is 0.348. The van der Waals surface area contributed by atoms with E-state index in [9.17, 15) is 18.0 Å². The molecule has 1 aromatic heterocycles. The standard InChI is InChI=1S/C23H24ClF3N4O3S/c1-13(2)31-21(14(3)34-17-7-5-6-16(11-17)33-4)29-30-22(31)35-12-20(32)28-19-10-15(23(25,26)27)8-9-18(19)24/h5-11,13-14H,12H2,1-4H3,(H,28,32). The van der Waals surface area contributed by atoms with Gasteiger partial charge in [0.25, 0.3) is 0 Å². The Balaban J connectivity index is 1.70. The summed E-state index contributed by atoms with van der Waals surface area (Å²) in [5.74, 6) is 1.18. The number of alkyl halides is 3. The van der Waals surface area contributed by atoms with Crippen LogP contribution < -0.4 is 14.8 Å². The van der Waals surface area contributed by atoms with E-state index >= 15 is 0 Å². The van der Waals surface area contributed by atoms with Gasteiger partial charge in [-0.05, 0) is 51.1 Å². The van der Waals surface area contributed by atoms with E-state index in [1.54, 1.807) is 25.3 Å². The molecule has 1 N–H and O–H groups in total. The molecule has 2 aromatic carbocycles. The van der Waals surface area contributed by atoms with Crippen LogP contribution in [0.5, 0.6) is 11.5 Å². The number of halogens is 4. The van der Waals surface area contributed by atoms with Gasteiger partial charge in [-0.1, -0.05) is 29.4 Å². The smallest absolute Gasteiger partial charge is 0.416 e. The minimum Gasteiger partial charge on any atom is -0.497 e. The summed E-state index contributed by atoms with van der Waals surface area (Å²) in [7, 11) is 1.57. The number of carbonyl (C=O) groups is 1. The van der Waals surface area contributed by atoms with Crippen molar-refractivity contribution in [3.05, 3.63) is 58.9 Å². The number of nitrogens with zero attached hydrogens (tertiary/aromatic N) is 3. The van der Waals surface area contributed by atoms with Crippen LogP contribution in [-0.4, -0.2) is 33.5 Å². The van der Waals surface area contributed by atoms with E-state index in [0.717, 1.165) is 30.0 Å². The molecular weight excluding hydrogens is 505 g/mol. The normalized spacial score (nSPS) is 12.5. The lowest BCUT2D eigenvalue weighted by Gasteiger charge is -2.19. The van der Waals surface area contributed by atoms with Crippen molar-refractivity contribution in [3.63, 3.8) is 0 Å². The first-order valence-corrected chi connectivity index (χ1v) is 11.9. The monoisotopic (exact) mass is 528 g/mol. The number of carbonyl (C=O) groups excluding carboxylic acids is 1. The van der Waals surface area contributed by atoms with Crippen LogP contribution in [0.15, 0.2) is 47.6 Å². The first kappa shape index (κ1) is 26.7. The van der Waals surface area contributed by atoms with Crippen molar-refractivity contribution in [3.8, 4) is 11.5 Å². The van der Waals surface area contributed by atoms with Crippen LogP contribution in [0.2, 0.25) is 5.02 Å². The zero-order valence-corrected chi connectivity index (χ0v) is 21.0. The van der Waals surface area contributed by atoms with Crippen molar-refractivity contribution >= 4 is 35.0 Å². The molecule has 0 aliphatic carbocycles. The van der Waals surface area contributed by atoms with Gasteiger partial charge in [0.05, 0.1) is 29.1 Å². The number of rotatable bonds is 9. The molecule has 0 saturated heterocycles. The summed E-state index contributed by atoms with van der Waals surface area (Å²) in [6, 6.07) is 9.88. The summed E-state index contributed by atoms with van der Waals surface area (Å²) in [4.78, 5) is 12.5. The molecule has 1 amide bonds. The molecule has 0 spiro atoms. The molecule has 7 nitrogen and oxygen atoms in total. The Morgan fingerprint density at radius 1 is 1.14 bits per heavy atom. The first-order chi connectivity index (χ1) is 16.5. The Labute approximate surface area is 210 Å². The maximum atomic E-state index is 13.0. The Bertz CT molecular complexity index is 1190. The van der Waals surface area contributed by atoms with Gasteiger partial charge in [-0.25, -0.2) is 0 Å². The van der Waals surface area contributed by atoms with Crippen molar-refractivity contribution in [2.75, 3.05) is 18.2 Å². The minimum absolute atomic E-state index is 0.00694. The molecule has 3 aromatic rings. The van der Waals surface area contributed by atoms with E-state index in [2.05, 4.69) is 15.5 Å². The van der Waals surface area contributed by atoms with Crippen molar-refractivity contribution < 1.29 is 27.4 Å². The molecule has 0 saturated carbocycles. The number of anilines is 1. The van der Waals surface area contributed by atoms with E-state index in [0.29, 0.717) is 22.5 Å². The average molecular weight is 529 g/mol. The highest BCUT2D eigenvalue weighted by atomic mass is 35.5. The van der Waals surface area contributed by atoms with Crippen LogP contribution in [-0.2, 0) is 11.0 Å². The topological polar surface area (TPSA) is 78.3 Å². The first-order valence-electron chi connectivity index (χ1n) is 10.5. The van der Waals surface area contributed by atoms with Crippen molar-refractivity contribution in [2.45, 2.75) is 44.2 Å². The van der Waals surface area contributed by atoms with Crippen molar-refractivity contribution in [1.29, 1.82) is 0 Å². The van der Waals surface area contributed by atoms with Crippen molar-refractivity contribution in [1.82, 2.24) is 14.8 Å². The Morgan fingerprint density at radius 2 is 1.86 bits per heavy atom. The van der Waals surface area contributed by atoms with Gasteiger partial charge in [0.2, 0.25) is 5.91 Å². The number of nitrogens with one attached hydrogen (secondary N) is 1. The van der Waals surface area contributed by atoms with Gasteiger partial charge in [0.1, 0.15) is 11.5 Å². The summed E-state index contributed by atoms with van der Waals surface area (Å²) in [5.41, 5.74) is -1.02. The van der Waals surface area contributed by atoms with Crippen molar-refractivity contribution in [2.24, 2.45) is 0 Å². The summed E-state index contributed by atoms with van der Waals surface area (Å²) < 4.78 is 52.0. The van der Waals surface area contributed by atoms with E-state index < -0.39 is 23.8 Å². The molecule has 12 heteroatoms. The average Bonchev–Trinajstić information content (AvgIpc) is 3.23. The Morgan fingerprint density at radius 3 is 2.51 bits per heavy atom. The van der Waals surface area contributed by atoms with Gasteiger partial charge in [-0.3, -0.25) is 4.79 Å². The molecular formula is C23H24ClF3N4O3S. The number of benzene rings is 2. The SMILES string of the molecule is COc1cccc(OC(C)c2nnc(SCC(=O)Nc3cc(C(F)(F)F)ccc3Cl)n2C(C)C)c1. The van der Waals surface area contributed by atoms with Gasteiger partial charge in [-0.15, -0.1) is 10.2 Å². The van der Waals surface area contributed by atoms with Gasteiger partial charge >= 0.3 is 6.18 Å². The van der Waals surface area contributed by atoms with Crippen LogP contribution in [0, 0.1) is 0 Å². The number of hydrogen-bond acceptors (Lipinski definition) is 6. The highest BCUT2D eigenvalue weighted by molar-refractivity contribution is 7.99. The summed E-state index contributed by atoms with van der Waals surface area (Å²) in [6.45, 7) is 5.72. The number of ether oxygens (including phenoxy) is 2. The zero-order chi connectivity index (χ0) is 25.8. The highest BCUT2D eigenvalue weighted by Gasteiger charge is 2.31. The second-order valence-electron chi connectivity index (χ2n) is 7.77. The summed E-state index contributed by atoms with van der Waals surface area (Å²) >= 11 is 7.07. The molecule has 0 fully saturated rings. The predicted molar refractivity (Wildman–Crippen MR) is 128 cm³/mol. The molecule has 0 bridgehead atoms. The number of hydrogen-bond donors (Lipinski definition) is 1. The second-order valence-corrected chi connectivity index (χ2v) is 9.12. The molecule has 0 aliphatic heterocycles. The third-order valence-corrected chi connectivity index (χ3v) is 6.10. The molecule has 1 heterocycles. The van der Waals surface area contributed by atoms with Crippen LogP contribution in [0.3, 0.4) is 0 Å². The minimum atomic E-state index is -4.55. The number of thioether (sulfide) groups is 1. The van der Waals surface area contributed by atoms with Gasteiger partial charge in [0.15, 0.2) is 17.1 Å². The number of aromatic nitrogens is 3. The predicted octanol–water partition coefficient (Wildman–Crippen LogP) is 6.41. The maximum absolute atomic E-state index is 13.0. The third kappa shape index (κ3) is 6.82. The van der Waals surface area contributed by atoms with E-state index in [1.807, 2.05) is 31.4 Å². The highest BCUT2D eigenvalue weighted by Crippen LogP contribution is 2.34. The molecule has 1 atom stereocenters. The third-order valence-electron chi connectivity index (χ3n) is 4.83. The van der Waals surface area contributed by atoms with Crippen LogP contribution >= 0.6 is 23.4 Å². The quantitative estimate of drug-likeness (QED) is 0.323. The Hall–Kier alpha value is -2.92. The lowest BCUT2D eigenvalue weighted by molar-refractivity contribution is -0.137. The van der Waals surface area contributed by atoms with Crippen LogP contribution in [0.1, 0.15) is 44.3 Å². The molecule has 0 radical (unpaired) electrons. The van der Waals surface area contributed by atoms with Gasteiger partial charge < -0.3 is 19.4 Å². The molecule has 35 heavy (non-hydrogen) atoms. The number of methoxy groups -OCH3 is 1. The Kier molecular flexibility index (Phi) is 8.55. The fourth-order valence-electron chi connectivity index (χ4n) is 3.19. The molecule has 188 valence electrons. The molecule has 3 rings (SSSR count). The van der Waals surface area contributed by atoms with Crippen LogP contribution in [0.25, 0.3) is 0 Å². The lowest BCUT2D eigenvalue weighted by atomic mass is 10.2. The van der Waals surface area contributed by atoms with Crippen LogP contribution in [0.4, 0.5) is 18.9 Å². The second kappa shape index (κ2) is 11.2. The summed E-state index contributed by atoms with van der Waals surface area (Å²) in [6.07, 6.45) is -5.00. The van der Waals surface area contributed by atoms with Gasteiger partial charge in [0, 0.05) is 12.1 Å². The summed E-state index contributed by atoms with van der Waals surface area (Å²) in [5, 5.41) is 11.4. The van der Waals surface area contributed by atoms with E-state index in [-0.39, 0.29) is 22.5 Å². The maximum Gasteiger partial charge on any atom is 0.416 e. The zero-order valence-electron chi connectivity index (χ0n) is 19.4. The fourth-order valence-corrected chi connectivity index (χ4v) is 4.23. The van der Waals surface area contributed by atoms with Gasteiger partial charge in [-0.2, -0.15) is 13.2 Å². The number of amides is 1. The van der Waals surface area contributed by atoms with E-state index in [4.69, 9.17) is 21.1 Å². The largest absolute Gasteiger partial charge is 0.497 e.